The molecule has 0 rings (SSSR count). The van der Waals surface area contributed by atoms with Crippen LogP contribution in [0.2, 0.25) is 0 Å². The van der Waals surface area contributed by atoms with Crippen LogP contribution < -0.4 is 5.11 Å². The summed E-state index contributed by atoms with van der Waals surface area (Å²) in [5.41, 5.74) is 0. The molecule has 0 aromatic heterocycles. The minimum Gasteiger partial charge on any atom is -0.550 e. The van der Waals surface area contributed by atoms with Gasteiger partial charge in [-0.3, -0.25) is 0 Å². The second-order valence-electron chi connectivity index (χ2n) is 6.24. The van der Waals surface area contributed by atoms with E-state index in [0.29, 0.717) is 0 Å². The van der Waals surface area contributed by atoms with Crippen molar-refractivity contribution in [2.45, 2.75) is 109 Å². The molecule has 4 heteroatoms. The summed E-state index contributed by atoms with van der Waals surface area (Å²) in [6, 6.07) is 0. The third-order valence-corrected chi connectivity index (χ3v) is 4.06. The SMILES string of the molecule is CCCCCCC(O)CCCCCCCCCCC(=O)[O-].[Ba+2]. The largest absolute Gasteiger partial charge is 2.00 e. The molecule has 1 atom stereocenters. The van der Waals surface area contributed by atoms with E-state index < -0.39 is 5.97 Å². The Morgan fingerprint density at radius 1 is 0.818 bits per heavy atom. The predicted molar refractivity (Wildman–Crippen MR) is 91.7 cm³/mol. The van der Waals surface area contributed by atoms with Crippen molar-refractivity contribution in [2.75, 3.05) is 0 Å². The number of carbonyl (C=O) groups excluding carboxylic acids is 1. The smallest absolute Gasteiger partial charge is 0.550 e. The summed E-state index contributed by atoms with van der Waals surface area (Å²) in [5.74, 6) is -0.928. The second kappa shape index (κ2) is 20.0. The van der Waals surface area contributed by atoms with Gasteiger partial charge in [0.2, 0.25) is 0 Å². The number of aliphatic hydroxyl groups is 1. The number of carboxylic acid groups (broad SMARTS) is 1. The zero-order chi connectivity index (χ0) is 15.8. The summed E-state index contributed by atoms with van der Waals surface area (Å²) in [5, 5.41) is 20.1. The molecule has 1 N–H and O–H groups in total. The Kier molecular flexibility index (Phi) is 23.0. The van der Waals surface area contributed by atoms with Crippen molar-refractivity contribution in [3.05, 3.63) is 0 Å². The minimum absolute atomic E-state index is 0. The van der Waals surface area contributed by atoms with Gasteiger partial charge in [-0.1, -0.05) is 77.6 Å². The first-order valence-corrected chi connectivity index (χ1v) is 9.04. The molecular weight excluding hydrogens is 402 g/mol. The number of unbranched alkanes of at least 4 members (excludes halogenated alkanes) is 10. The van der Waals surface area contributed by atoms with Gasteiger partial charge in [-0.25, -0.2) is 0 Å². The zero-order valence-corrected chi connectivity index (χ0v) is 19.1. The van der Waals surface area contributed by atoms with Crippen molar-refractivity contribution in [3.63, 3.8) is 0 Å². The van der Waals surface area contributed by atoms with Crippen molar-refractivity contribution >= 4 is 54.9 Å². The minimum atomic E-state index is -0.928. The maximum atomic E-state index is 10.2. The molecular formula is C18H35BaO3+. The third kappa shape index (κ3) is 21.0. The molecule has 0 aliphatic heterocycles. The Bertz CT molecular complexity index is 234. The van der Waals surface area contributed by atoms with Crippen LogP contribution in [-0.4, -0.2) is 66.1 Å². The number of rotatable bonds is 16. The Morgan fingerprint density at radius 2 is 1.23 bits per heavy atom. The van der Waals surface area contributed by atoms with Gasteiger partial charge in [-0.05, 0) is 25.7 Å². The number of carboxylic acids is 1. The van der Waals surface area contributed by atoms with Gasteiger partial charge >= 0.3 is 48.9 Å². The molecule has 0 spiro atoms. The van der Waals surface area contributed by atoms with Crippen LogP contribution in [0.1, 0.15) is 103 Å². The molecule has 0 saturated carbocycles. The molecule has 0 heterocycles. The van der Waals surface area contributed by atoms with Crippen molar-refractivity contribution in [1.29, 1.82) is 0 Å². The standard InChI is InChI=1S/C18H36O3.Ba/c1-2-3-4-11-14-17(19)15-12-9-7-5-6-8-10-13-16-18(20)21;/h17,19H,2-16H2,1H3,(H,20,21);/q;+2/p-1. The van der Waals surface area contributed by atoms with Gasteiger partial charge in [0.05, 0.1) is 6.10 Å². The van der Waals surface area contributed by atoms with Gasteiger partial charge < -0.3 is 15.0 Å². The Balaban J connectivity index is 0. The molecule has 0 bridgehead atoms. The van der Waals surface area contributed by atoms with E-state index in [-0.39, 0.29) is 61.4 Å². The summed E-state index contributed by atoms with van der Waals surface area (Å²) >= 11 is 0. The van der Waals surface area contributed by atoms with Gasteiger partial charge in [-0.2, -0.15) is 0 Å². The van der Waals surface area contributed by atoms with Crippen molar-refractivity contribution in [1.82, 2.24) is 0 Å². The normalized spacial score (nSPS) is 11.9. The van der Waals surface area contributed by atoms with E-state index in [1.54, 1.807) is 0 Å². The van der Waals surface area contributed by atoms with Crippen LogP contribution in [0.5, 0.6) is 0 Å². The first kappa shape index (κ1) is 25.2. The Labute approximate surface area is 177 Å². The predicted octanol–water partition coefficient (Wildman–Crippen LogP) is 3.59. The molecule has 0 amide bonds. The van der Waals surface area contributed by atoms with Gasteiger partial charge in [0.25, 0.3) is 0 Å². The average molecular weight is 437 g/mol. The summed E-state index contributed by atoms with van der Waals surface area (Å²) in [6.45, 7) is 2.21. The zero-order valence-electron chi connectivity index (χ0n) is 14.7. The summed E-state index contributed by atoms with van der Waals surface area (Å²) in [7, 11) is 0. The van der Waals surface area contributed by atoms with E-state index in [2.05, 4.69) is 6.92 Å². The van der Waals surface area contributed by atoms with Crippen LogP contribution in [0.3, 0.4) is 0 Å². The number of hydrogen-bond donors (Lipinski definition) is 1. The molecule has 0 aromatic rings. The molecule has 22 heavy (non-hydrogen) atoms. The van der Waals surface area contributed by atoms with Gasteiger partial charge in [0.15, 0.2) is 0 Å². The molecule has 3 nitrogen and oxygen atoms in total. The number of hydrogen-bond acceptors (Lipinski definition) is 3. The molecule has 126 valence electrons. The molecule has 1 unspecified atom stereocenters. The molecule has 0 radical (unpaired) electrons. The van der Waals surface area contributed by atoms with E-state index in [1.165, 1.54) is 51.4 Å². The van der Waals surface area contributed by atoms with Gasteiger partial charge in [0, 0.05) is 5.97 Å². The monoisotopic (exact) mass is 437 g/mol. The number of carbonyl (C=O) groups is 1. The fourth-order valence-corrected chi connectivity index (χ4v) is 2.66. The summed E-state index contributed by atoms with van der Waals surface area (Å²) in [4.78, 5) is 10.2. The average Bonchev–Trinajstić information content (AvgIpc) is 2.45. The van der Waals surface area contributed by atoms with E-state index in [1.807, 2.05) is 0 Å². The fraction of sp³-hybridized carbons (Fsp3) is 0.944. The molecule has 0 fully saturated rings. The van der Waals surface area contributed by atoms with Crippen molar-refractivity contribution in [3.8, 4) is 0 Å². The van der Waals surface area contributed by atoms with Gasteiger partial charge in [-0.15, -0.1) is 0 Å². The number of aliphatic hydroxyl groups excluding tert-OH is 1. The topological polar surface area (TPSA) is 60.4 Å². The summed E-state index contributed by atoms with van der Waals surface area (Å²) < 4.78 is 0. The van der Waals surface area contributed by atoms with Crippen LogP contribution in [0.15, 0.2) is 0 Å². The molecule has 0 saturated heterocycles. The third-order valence-electron chi connectivity index (χ3n) is 4.06. The molecule has 0 aliphatic rings. The molecule has 0 aliphatic carbocycles. The van der Waals surface area contributed by atoms with Crippen LogP contribution in [0.4, 0.5) is 0 Å². The molecule has 0 aromatic carbocycles. The van der Waals surface area contributed by atoms with Crippen LogP contribution in [0.25, 0.3) is 0 Å². The van der Waals surface area contributed by atoms with E-state index in [4.69, 9.17) is 0 Å². The first-order chi connectivity index (χ1) is 10.2. The van der Waals surface area contributed by atoms with Crippen LogP contribution in [-0.2, 0) is 4.79 Å². The Hall–Kier alpha value is 1.00. The van der Waals surface area contributed by atoms with E-state index >= 15 is 0 Å². The quantitative estimate of drug-likeness (QED) is 0.297. The number of aliphatic carboxylic acids is 1. The second-order valence-corrected chi connectivity index (χ2v) is 6.24. The van der Waals surface area contributed by atoms with Crippen molar-refractivity contribution < 1.29 is 15.0 Å². The maximum absolute atomic E-state index is 10.2. The van der Waals surface area contributed by atoms with Crippen LogP contribution >= 0.6 is 0 Å². The Morgan fingerprint density at radius 3 is 1.68 bits per heavy atom. The van der Waals surface area contributed by atoms with Crippen molar-refractivity contribution in [2.24, 2.45) is 0 Å². The first-order valence-electron chi connectivity index (χ1n) is 9.04. The fourth-order valence-electron chi connectivity index (χ4n) is 2.66. The van der Waals surface area contributed by atoms with Gasteiger partial charge in [0.1, 0.15) is 0 Å². The van der Waals surface area contributed by atoms with Crippen LogP contribution in [0, 0.1) is 0 Å². The van der Waals surface area contributed by atoms with E-state index in [9.17, 15) is 15.0 Å². The van der Waals surface area contributed by atoms with E-state index in [0.717, 1.165) is 38.5 Å². The summed E-state index contributed by atoms with van der Waals surface area (Å²) in [6.07, 6.45) is 15.9. The maximum Gasteiger partial charge on any atom is 2.00 e.